The minimum atomic E-state index is -0.837. The van der Waals surface area contributed by atoms with Crippen LogP contribution in [0.5, 0.6) is 0 Å². The highest BCUT2D eigenvalue weighted by atomic mass is 16.5. The van der Waals surface area contributed by atoms with Gasteiger partial charge in [-0.15, -0.1) is 0 Å². The Morgan fingerprint density at radius 2 is 1.72 bits per heavy atom. The summed E-state index contributed by atoms with van der Waals surface area (Å²) in [5, 5.41) is 2.81. The maximum Gasteiger partial charge on any atom is 0.338 e. The molecule has 0 aliphatic carbocycles. The van der Waals surface area contributed by atoms with Crippen LogP contribution in [0.15, 0.2) is 54.6 Å². The van der Waals surface area contributed by atoms with E-state index in [1.54, 1.807) is 19.1 Å². The van der Waals surface area contributed by atoms with Crippen LogP contribution in [0.3, 0.4) is 0 Å². The van der Waals surface area contributed by atoms with Crippen LogP contribution < -0.4 is 10.2 Å². The molecule has 2 aromatic carbocycles. The van der Waals surface area contributed by atoms with Crippen molar-refractivity contribution >= 4 is 11.9 Å². The zero-order valence-electron chi connectivity index (χ0n) is 16.9. The molecule has 154 valence electrons. The predicted octanol–water partition coefficient (Wildman–Crippen LogP) is 1.01. The van der Waals surface area contributed by atoms with Crippen molar-refractivity contribution in [3.8, 4) is 0 Å². The lowest BCUT2D eigenvalue weighted by molar-refractivity contribution is -0.921. The highest BCUT2D eigenvalue weighted by Crippen LogP contribution is 2.07. The quantitative estimate of drug-likeness (QED) is 0.653. The Kier molecular flexibility index (Phi) is 7.78. The van der Waals surface area contributed by atoms with Gasteiger partial charge in [0.05, 0.1) is 18.8 Å². The average molecular weight is 397 g/mol. The van der Waals surface area contributed by atoms with Crippen molar-refractivity contribution in [2.45, 2.75) is 26.0 Å². The summed E-state index contributed by atoms with van der Waals surface area (Å²) in [4.78, 5) is 26.0. The van der Waals surface area contributed by atoms with Crippen molar-refractivity contribution in [3.05, 3.63) is 71.3 Å². The summed E-state index contributed by atoms with van der Waals surface area (Å²) in [6.07, 6.45) is -0.101. The van der Waals surface area contributed by atoms with Crippen LogP contribution in [0.4, 0.5) is 0 Å². The molecule has 6 nitrogen and oxygen atoms in total. The standard InChI is InChI=1S/C23H28N2O4/c1-18(22(26)24-12-11-19-5-3-2-4-6-19)29-23(27)21-9-7-20(8-10-21)17-25-13-15-28-16-14-25/h2-10,18H,11-17H2,1H3,(H,24,26)/p+1/t18-/m1/s1. The molecule has 1 amide bonds. The molecule has 2 N–H and O–H groups in total. The van der Waals surface area contributed by atoms with Gasteiger partial charge in [0, 0.05) is 12.1 Å². The van der Waals surface area contributed by atoms with Gasteiger partial charge in [0.1, 0.15) is 19.6 Å². The molecule has 2 aromatic rings. The average Bonchev–Trinajstić information content (AvgIpc) is 2.75. The highest BCUT2D eigenvalue weighted by Gasteiger charge is 2.19. The number of esters is 1. The van der Waals surface area contributed by atoms with Gasteiger partial charge in [-0.1, -0.05) is 42.5 Å². The first-order chi connectivity index (χ1) is 14.1. The Morgan fingerprint density at radius 1 is 1.03 bits per heavy atom. The van der Waals surface area contributed by atoms with Crippen molar-refractivity contribution in [1.82, 2.24) is 5.32 Å². The van der Waals surface area contributed by atoms with E-state index in [0.29, 0.717) is 12.1 Å². The van der Waals surface area contributed by atoms with Crippen molar-refractivity contribution in [3.63, 3.8) is 0 Å². The van der Waals surface area contributed by atoms with E-state index in [4.69, 9.17) is 9.47 Å². The number of carbonyl (C=O) groups excluding carboxylic acids is 2. The Morgan fingerprint density at radius 3 is 2.41 bits per heavy atom. The van der Waals surface area contributed by atoms with Crippen molar-refractivity contribution in [2.75, 3.05) is 32.8 Å². The van der Waals surface area contributed by atoms with E-state index in [-0.39, 0.29) is 5.91 Å². The fraction of sp³-hybridized carbons (Fsp3) is 0.391. The lowest BCUT2D eigenvalue weighted by atomic mass is 10.1. The molecule has 1 aliphatic rings. The van der Waals surface area contributed by atoms with Crippen LogP contribution in [0, 0.1) is 0 Å². The van der Waals surface area contributed by atoms with E-state index in [1.807, 2.05) is 42.5 Å². The summed E-state index contributed by atoms with van der Waals surface area (Å²) in [5.74, 6) is -0.775. The molecule has 1 saturated heterocycles. The number of hydrogen-bond donors (Lipinski definition) is 2. The number of rotatable bonds is 8. The molecule has 0 spiro atoms. The summed E-state index contributed by atoms with van der Waals surface area (Å²) in [5.41, 5.74) is 2.77. The Bertz CT molecular complexity index is 786. The summed E-state index contributed by atoms with van der Waals surface area (Å²) >= 11 is 0. The van der Waals surface area contributed by atoms with Gasteiger partial charge < -0.3 is 19.7 Å². The molecule has 0 saturated carbocycles. The molecule has 29 heavy (non-hydrogen) atoms. The number of hydrogen-bond acceptors (Lipinski definition) is 4. The SMILES string of the molecule is C[C@@H](OC(=O)c1ccc(C[NH+]2CCOCC2)cc1)C(=O)NCCc1ccccc1. The highest BCUT2D eigenvalue weighted by molar-refractivity contribution is 5.92. The largest absolute Gasteiger partial charge is 0.449 e. The van der Waals surface area contributed by atoms with Gasteiger partial charge in [0.25, 0.3) is 5.91 Å². The van der Waals surface area contributed by atoms with E-state index < -0.39 is 12.1 Å². The minimum Gasteiger partial charge on any atom is -0.449 e. The molecule has 6 heteroatoms. The second kappa shape index (κ2) is 10.7. The molecule has 1 heterocycles. The Balaban J connectivity index is 1.42. The van der Waals surface area contributed by atoms with Crippen molar-refractivity contribution < 1.29 is 24.0 Å². The van der Waals surface area contributed by atoms with Crippen LogP contribution in [-0.4, -0.2) is 50.8 Å². The van der Waals surface area contributed by atoms with Gasteiger partial charge in [-0.3, -0.25) is 4.79 Å². The third kappa shape index (κ3) is 6.69. The van der Waals surface area contributed by atoms with E-state index in [1.165, 1.54) is 10.5 Å². The summed E-state index contributed by atoms with van der Waals surface area (Å²) in [6.45, 7) is 6.60. The molecule has 1 fully saturated rings. The lowest BCUT2D eigenvalue weighted by Gasteiger charge is -2.23. The van der Waals surface area contributed by atoms with Crippen LogP contribution in [-0.2, 0) is 27.2 Å². The zero-order valence-corrected chi connectivity index (χ0v) is 16.9. The number of amides is 1. The zero-order chi connectivity index (χ0) is 20.5. The van der Waals surface area contributed by atoms with Gasteiger partial charge in [0.2, 0.25) is 0 Å². The first-order valence-electron chi connectivity index (χ1n) is 10.1. The molecule has 0 unspecified atom stereocenters. The number of nitrogens with one attached hydrogen (secondary N) is 2. The summed E-state index contributed by atoms with van der Waals surface area (Å²) in [6, 6.07) is 17.3. The van der Waals surface area contributed by atoms with Crippen LogP contribution >= 0.6 is 0 Å². The normalized spacial score (nSPS) is 15.5. The second-order valence-corrected chi connectivity index (χ2v) is 7.31. The Hall–Kier alpha value is -2.70. The first kappa shape index (κ1) is 21.0. The monoisotopic (exact) mass is 397 g/mol. The van der Waals surface area contributed by atoms with E-state index in [2.05, 4.69) is 5.32 Å². The van der Waals surface area contributed by atoms with Crippen molar-refractivity contribution in [2.24, 2.45) is 0 Å². The van der Waals surface area contributed by atoms with E-state index in [9.17, 15) is 9.59 Å². The van der Waals surface area contributed by atoms with Gasteiger partial charge in [-0.2, -0.15) is 0 Å². The molecular formula is C23H29N2O4+. The van der Waals surface area contributed by atoms with E-state index >= 15 is 0 Å². The summed E-state index contributed by atoms with van der Waals surface area (Å²) in [7, 11) is 0. The number of benzene rings is 2. The van der Waals surface area contributed by atoms with Gasteiger partial charge in [0.15, 0.2) is 6.10 Å². The number of ether oxygens (including phenoxy) is 2. The molecule has 3 rings (SSSR count). The molecule has 0 bridgehead atoms. The van der Waals surface area contributed by atoms with Crippen LogP contribution in [0.2, 0.25) is 0 Å². The maximum atomic E-state index is 12.3. The van der Waals surface area contributed by atoms with Crippen LogP contribution in [0.1, 0.15) is 28.4 Å². The Labute approximate surface area is 171 Å². The van der Waals surface area contributed by atoms with Gasteiger partial charge in [-0.25, -0.2) is 4.79 Å². The maximum absolute atomic E-state index is 12.3. The topological polar surface area (TPSA) is 69.1 Å². The number of quaternary nitrogens is 1. The number of morpholine rings is 1. The molecule has 1 atom stereocenters. The van der Waals surface area contributed by atoms with E-state index in [0.717, 1.165) is 44.8 Å². The molecule has 0 radical (unpaired) electrons. The fourth-order valence-electron chi connectivity index (χ4n) is 3.28. The third-order valence-electron chi connectivity index (χ3n) is 5.05. The molecule has 1 aliphatic heterocycles. The predicted molar refractivity (Wildman–Crippen MR) is 110 cm³/mol. The first-order valence-corrected chi connectivity index (χ1v) is 10.1. The van der Waals surface area contributed by atoms with Crippen LogP contribution in [0.25, 0.3) is 0 Å². The lowest BCUT2D eigenvalue weighted by Crippen LogP contribution is -3.12. The molecule has 0 aromatic heterocycles. The van der Waals surface area contributed by atoms with Gasteiger partial charge in [-0.05, 0) is 31.0 Å². The number of carbonyl (C=O) groups is 2. The fourth-order valence-corrected chi connectivity index (χ4v) is 3.28. The second-order valence-electron chi connectivity index (χ2n) is 7.31. The third-order valence-corrected chi connectivity index (χ3v) is 5.05. The van der Waals surface area contributed by atoms with Crippen molar-refractivity contribution in [1.29, 1.82) is 0 Å². The van der Waals surface area contributed by atoms with Gasteiger partial charge >= 0.3 is 5.97 Å². The molecular weight excluding hydrogens is 368 g/mol. The minimum absolute atomic E-state index is 0.290. The smallest absolute Gasteiger partial charge is 0.338 e. The summed E-state index contributed by atoms with van der Waals surface area (Å²) < 4.78 is 10.7.